The smallest absolute Gasteiger partial charge is 0.325 e. The second kappa shape index (κ2) is 7.73. The van der Waals surface area contributed by atoms with E-state index in [0.29, 0.717) is 27.9 Å². The zero-order valence-corrected chi connectivity index (χ0v) is 15.2. The third-order valence-electron chi connectivity index (χ3n) is 3.82. The van der Waals surface area contributed by atoms with Gasteiger partial charge in [0, 0.05) is 28.8 Å². The third kappa shape index (κ3) is 3.90. The summed E-state index contributed by atoms with van der Waals surface area (Å²) in [4.78, 5) is 20.2. The monoisotopic (exact) mass is 387 g/mol. The van der Waals surface area contributed by atoms with Crippen LogP contribution < -0.4 is 15.4 Å². The number of pyridine rings is 1. The number of nitriles is 1. The maximum absolute atomic E-state index is 11.9. The number of hydrogen-bond acceptors (Lipinski definition) is 6. The van der Waals surface area contributed by atoms with Crippen molar-refractivity contribution >= 4 is 39.1 Å². The van der Waals surface area contributed by atoms with Crippen molar-refractivity contribution in [1.82, 2.24) is 9.97 Å². The van der Waals surface area contributed by atoms with Crippen LogP contribution in [-0.4, -0.2) is 16.0 Å². The van der Waals surface area contributed by atoms with Crippen LogP contribution in [0.5, 0.6) is 11.5 Å². The van der Waals surface area contributed by atoms with Crippen molar-refractivity contribution in [3.63, 3.8) is 0 Å². The number of carbonyl (C=O) groups is 1. The number of anilines is 2. The van der Waals surface area contributed by atoms with Gasteiger partial charge in [-0.3, -0.25) is 10.3 Å². The Balaban J connectivity index is 1.48. The molecular weight excluding hydrogens is 374 g/mol. The van der Waals surface area contributed by atoms with E-state index in [1.807, 2.05) is 0 Å². The first-order chi connectivity index (χ1) is 13.7. The van der Waals surface area contributed by atoms with Crippen molar-refractivity contribution < 1.29 is 9.53 Å². The number of rotatable bonds is 4. The minimum absolute atomic E-state index is 0.368. The Morgan fingerprint density at radius 3 is 2.64 bits per heavy atom. The molecule has 0 saturated heterocycles. The molecule has 0 aliphatic heterocycles. The maximum Gasteiger partial charge on any atom is 0.325 e. The van der Waals surface area contributed by atoms with Gasteiger partial charge in [-0.05, 0) is 48.5 Å². The van der Waals surface area contributed by atoms with E-state index in [-0.39, 0.29) is 6.03 Å². The fourth-order valence-corrected chi connectivity index (χ4v) is 3.08. The summed E-state index contributed by atoms with van der Waals surface area (Å²) >= 11 is 1.34. The highest BCUT2D eigenvalue weighted by Gasteiger charge is 2.07. The van der Waals surface area contributed by atoms with Gasteiger partial charge in [0.25, 0.3) is 0 Å². The summed E-state index contributed by atoms with van der Waals surface area (Å²) in [6.07, 6.45) is 3.28. The van der Waals surface area contributed by atoms with Crippen LogP contribution in [-0.2, 0) is 0 Å². The lowest BCUT2D eigenvalue weighted by atomic mass is 10.1. The van der Waals surface area contributed by atoms with Crippen LogP contribution >= 0.6 is 11.3 Å². The Bertz CT molecular complexity index is 1170. The number of nitrogens with one attached hydrogen (secondary N) is 2. The quantitative estimate of drug-likeness (QED) is 0.513. The van der Waals surface area contributed by atoms with Gasteiger partial charge in [0.1, 0.15) is 11.5 Å². The van der Waals surface area contributed by atoms with E-state index in [4.69, 9.17) is 10.00 Å². The number of amides is 2. The average molecular weight is 387 g/mol. The topological polar surface area (TPSA) is 99.9 Å². The van der Waals surface area contributed by atoms with Gasteiger partial charge in [-0.15, -0.1) is 11.3 Å². The molecule has 0 atom stereocenters. The van der Waals surface area contributed by atoms with E-state index in [2.05, 4.69) is 26.7 Å². The number of benzene rings is 2. The van der Waals surface area contributed by atoms with Gasteiger partial charge in [-0.25, -0.2) is 9.78 Å². The number of hydrogen-bond donors (Lipinski definition) is 2. The minimum Gasteiger partial charge on any atom is -0.457 e. The molecule has 0 saturated carbocycles. The highest BCUT2D eigenvalue weighted by Crippen LogP contribution is 2.30. The molecule has 0 aliphatic rings. The lowest BCUT2D eigenvalue weighted by molar-refractivity contribution is 0.262. The fraction of sp³-hybridized carbons (Fsp3) is 0. The summed E-state index contributed by atoms with van der Waals surface area (Å²) in [5, 5.41) is 17.6. The fourth-order valence-electron chi connectivity index (χ4n) is 2.56. The summed E-state index contributed by atoms with van der Waals surface area (Å²) in [7, 11) is 0. The molecule has 2 heterocycles. The predicted molar refractivity (Wildman–Crippen MR) is 108 cm³/mol. The molecule has 28 heavy (non-hydrogen) atoms. The van der Waals surface area contributed by atoms with E-state index in [1.165, 1.54) is 11.3 Å². The van der Waals surface area contributed by atoms with Crippen molar-refractivity contribution in [3.05, 3.63) is 71.9 Å². The van der Waals surface area contributed by atoms with Crippen LogP contribution in [0.25, 0.3) is 10.9 Å². The zero-order valence-electron chi connectivity index (χ0n) is 14.4. The van der Waals surface area contributed by atoms with Gasteiger partial charge in [-0.1, -0.05) is 0 Å². The molecular formula is C20H13N5O2S. The van der Waals surface area contributed by atoms with Crippen molar-refractivity contribution in [2.45, 2.75) is 0 Å². The second-order valence-corrected chi connectivity index (χ2v) is 6.59. The van der Waals surface area contributed by atoms with Gasteiger partial charge in [-0.2, -0.15) is 5.26 Å². The van der Waals surface area contributed by atoms with Crippen molar-refractivity contribution in [3.8, 4) is 17.6 Å². The number of thiazole rings is 1. The maximum atomic E-state index is 11.9. The van der Waals surface area contributed by atoms with Crippen molar-refractivity contribution in [1.29, 1.82) is 5.26 Å². The Labute approximate surface area is 164 Å². The molecule has 2 aromatic heterocycles. The second-order valence-electron chi connectivity index (χ2n) is 5.70. The van der Waals surface area contributed by atoms with Gasteiger partial charge >= 0.3 is 6.03 Å². The molecule has 0 radical (unpaired) electrons. The molecule has 8 heteroatoms. The number of urea groups is 1. The lowest BCUT2D eigenvalue weighted by Crippen LogP contribution is -2.19. The largest absolute Gasteiger partial charge is 0.457 e. The lowest BCUT2D eigenvalue weighted by Gasteiger charge is -2.10. The summed E-state index contributed by atoms with van der Waals surface area (Å²) in [6, 6.07) is 15.7. The van der Waals surface area contributed by atoms with Gasteiger partial charge in [0.2, 0.25) is 0 Å². The van der Waals surface area contributed by atoms with E-state index in [9.17, 15) is 4.79 Å². The molecule has 0 aliphatic carbocycles. The number of aromatic nitrogens is 2. The first-order valence-corrected chi connectivity index (χ1v) is 9.13. The molecule has 2 N–H and O–H groups in total. The zero-order chi connectivity index (χ0) is 19.3. The standard InChI is InChI=1S/C20H13N5O2S/c21-12-13-1-6-17-16(11-13)18(7-8-22-17)27-15-4-2-14(3-5-15)24-19(26)25-20-23-9-10-28-20/h1-11H,(H2,23,24,25,26). The average Bonchev–Trinajstić information content (AvgIpc) is 3.22. The molecule has 0 fully saturated rings. The van der Waals surface area contributed by atoms with E-state index < -0.39 is 0 Å². The minimum atomic E-state index is -0.368. The molecule has 0 unspecified atom stereocenters. The van der Waals surface area contributed by atoms with E-state index >= 15 is 0 Å². The van der Waals surface area contributed by atoms with Crippen LogP contribution in [0.2, 0.25) is 0 Å². The number of ether oxygens (including phenoxy) is 1. The molecule has 136 valence electrons. The van der Waals surface area contributed by atoms with E-state index in [1.54, 1.807) is 66.3 Å². The number of fused-ring (bicyclic) bond motifs is 1. The molecule has 4 aromatic rings. The van der Waals surface area contributed by atoms with Gasteiger partial charge in [0.05, 0.1) is 17.1 Å². The Morgan fingerprint density at radius 2 is 1.89 bits per heavy atom. The predicted octanol–water partition coefficient (Wildman–Crippen LogP) is 5.00. The van der Waals surface area contributed by atoms with Gasteiger partial charge < -0.3 is 10.1 Å². The summed E-state index contributed by atoms with van der Waals surface area (Å²) in [5.74, 6) is 1.20. The molecule has 0 spiro atoms. The Hall–Kier alpha value is -3.96. The third-order valence-corrected chi connectivity index (χ3v) is 4.51. The van der Waals surface area contributed by atoms with Crippen molar-refractivity contribution in [2.24, 2.45) is 0 Å². The first-order valence-electron chi connectivity index (χ1n) is 8.25. The Kier molecular flexibility index (Phi) is 4.82. The molecule has 2 amide bonds. The first kappa shape index (κ1) is 17.5. The van der Waals surface area contributed by atoms with Crippen LogP contribution in [0.4, 0.5) is 15.6 Å². The van der Waals surface area contributed by atoms with E-state index in [0.717, 1.165) is 10.9 Å². The molecule has 4 rings (SSSR count). The van der Waals surface area contributed by atoms with Gasteiger partial charge in [0.15, 0.2) is 5.13 Å². The summed E-state index contributed by atoms with van der Waals surface area (Å²) in [6.45, 7) is 0. The van der Waals surface area contributed by atoms with Crippen LogP contribution in [0.15, 0.2) is 66.3 Å². The van der Waals surface area contributed by atoms with Crippen LogP contribution in [0.3, 0.4) is 0 Å². The highest BCUT2D eigenvalue weighted by molar-refractivity contribution is 7.13. The summed E-state index contributed by atoms with van der Waals surface area (Å²) in [5.41, 5.74) is 1.90. The summed E-state index contributed by atoms with van der Waals surface area (Å²) < 4.78 is 5.95. The molecule has 2 aromatic carbocycles. The number of carbonyl (C=O) groups excluding carboxylic acids is 1. The van der Waals surface area contributed by atoms with Crippen molar-refractivity contribution in [2.75, 3.05) is 10.6 Å². The van der Waals surface area contributed by atoms with Crippen LogP contribution in [0.1, 0.15) is 5.56 Å². The molecule has 0 bridgehead atoms. The highest BCUT2D eigenvalue weighted by atomic mass is 32.1. The normalized spacial score (nSPS) is 10.2. The number of nitrogens with zero attached hydrogens (tertiary/aromatic N) is 3. The Morgan fingerprint density at radius 1 is 1.04 bits per heavy atom. The van der Waals surface area contributed by atoms with Crippen LogP contribution in [0, 0.1) is 11.3 Å². The molecule has 7 nitrogen and oxygen atoms in total. The SMILES string of the molecule is N#Cc1ccc2nccc(Oc3ccc(NC(=O)Nc4nccs4)cc3)c2c1.